The summed E-state index contributed by atoms with van der Waals surface area (Å²) in [6, 6.07) is 12.4. The van der Waals surface area contributed by atoms with Crippen LogP contribution in [0.15, 0.2) is 42.5 Å². The predicted octanol–water partition coefficient (Wildman–Crippen LogP) is 2.47. The Kier molecular flexibility index (Phi) is 5.63. The Bertz CT molecular complexity index is 806. The second-order valence-electron chi connectivity index (χ2n) is 5.93. The van der Waals surface area contributed by atoms with Gasteiger partial charge in [0.15, 0.2) is 12.7 Å². The number of carboxylic acids is 1. The molecule has 26 heavy (non-hydrogen) atoms. The molecule has 0 spiro atoms. The smallest absolute Gasteiger partial charge is 0.341 e. The molecule has 0 fully saturated rings. The van der Waals surface area contributed by atoms with Crippen LogP contribution in [0.3, 0.4) is 0 Å². The maximum absolute atomic E-state index is 12.2. The van der Waals surface area contributed by atoms with E-state index in [4.69, 9.17) is 26.2 Å². The Labute approximate surface area is 155 Å². The van der Waals surface area contributed by atoms with Gasteiger partial charge in [0.2, 0.25) is 0 Å². The summed E-state index contributed by atoms with van der Waals surface area (Å²) < 4.78 is 10.7. The van der Waals surface area contributed by atoms with Crippen molar-refractivity contribution in [1.29, 1.82) is 0 Å². The molecule has 7 heteroatoms. The number of rotatable bonds is 7. The minimum atomic E-state index is -1.02. The number of fused-ring (bicyclic) bond motifs is 1. The quantitative estimate of drug-likeness (QED) is 0.776. The Hall–Kier alpha value is -2.73. The zero-order chi connectivity index (χ0) is 18.5. The molecule has 2 aromatic rings. The number of carbonyl (C=O) groups excluding carboxylic acids is 1. The Morgan fingerprint density at radius 3 is 2.73 bits per heavy atom. The topological polar surface area (TPSA) is 84.9 Å². The minimum absolute atomic E-state index is 0.154. The molecule has 0 saturated carbocycles. The summed E-state index contributed by atoms with van der Waals surface area (Å²) in [5.74, 6) is 0.0246. The number of carbonyl (C=O) groups is 2. The maximum atomic E-state index is 12.2. The number of halogens is 1. The van der Waals surface area contributed by atoms with Gasteiger partial charge in [-0.15, -0.1) is 0 Å². The first-order chi connectivity index (χ1) is 12.5. The van der Waals surface area contributed by atoms with Gasteiger partial charge in [-0.25, -0.2) is 4.79 Å². The molecule has 6 nitrogen and oxygen atoms in total. The van der Waals surface area contributed by atoms with Crippen molar-refractivity contribution in [2.24, 2.45) is 0 Å². The molecule has 1 aliphatic heterocycles. The molecular weight excluding hydrogens is 358 g/mol. The van der Waals surface area contributed by atoms with Crippen molar-refractivity contribution in [2.45, 2.75) is 18.9 Å². The van der Waals surface area contributed by atoms with E-state index in [0.717, 1.165) is 11.1 Å². The molecule has 1 unspecified atom stereocenters. The summed E-state index contributed by atoms with van der Waals surface area (Å²) in [5.41, 5.74) is 1.95. The summed E-state index contributed by atoms with van der Waals surface area (Å²) in [5, 5.41) is 12.1. The van der Waals surface area contributed by atoms with E-state index in [1.54, 1.807) is 24.3 Å². The van der Waals surface area contributed by atoms with Gasteiger partial charge in [-0.1, -0.05) is 23.7 Å². The van der Waals surface area contributed by atoms with E-state index in [0.29, 0.717) is 35.9 Å². The van der Waals surface area contributed by atoms with Gasteiger partial charge in [-0.05, 0) is 47.9 Å². The monoisotopic (exact) mass is 375 g/mol. The molecule has 2 aromatic carbocycles. The normalized spacial score (nSPS) is 15.0. The van der Waals surface area contributed by atoms with Crippen molar-refractivity contribution in [3.63, 3.8) is 0 Å². The lowest BCUT2D eigenvalue weighted by Crippen LogP contribution is -2.38. The van der Waals surface area contributed by atoms with Crippen LogP contribution >= 0.6 is 11.6 Å². The van der Waals surface area contributed by atoms with Crippen molar-refractivity contribution in [1.82, 2.24) is 5.32 Å². The van der Waals surface area contributed by atoms with E-state index in [2.05, 4.69) is 5.32 Å². The summed E-state index contributed by atoms with van der Waals surface area (Å²) in [4.78, 5) is 22.7. The van der Waals surface area contributed by atoms with Gasteiger partial charge in [0.05, 0.1) is 0 Å². The third-order valence-electron chi connectivity index (χ3n) is 3.99. The third-order valence-corrected chi connectivity index (χ3v) is 4.22. The highest BCUT2D eigenvalue weighted by molar-refractivity contribution is 6.30. The molecular formula is C19H18ClNO5. The molecule has 3 rings (SSSR count). The molecule has 0 radical (unpaired) electrons. The van der Waals surface area contributed by atoms with Crippen molar-refractivity contribution in [3.8, 4) is 11.5 Å². The molecule has 2 N–H and O–H groups in total. The van der Waals surface area contributed by atoms with Crippen LogP contribution in [0.4, 0.5) is 0 Å². The maximum Gasteiger partial charge on any atom is 0.341 e. The lowest BCUT2D eigenvalue weighted by molar-refractivity contribution is -0.139. The van der Waals surface area contributed by atoms with Gasteiger partial charge in [0, 0.05) is 18.0 Å². The molecule has 1 atom stereocenters. The van der Waals surface area contributed by atoms with Crippen molar-refractivity contribution >= 4 is 23.5 Å². The zero-order valence-electron chi connectivity index (χ0n) is 13.9. The predicted molar refractivity (Wildman–Crippen MR) is 95.9 cm³/mol. The van der Waals surface area contributed by atoms with Crippen LogP contribution in [-0.4, -0.2) is 36.2 Å². The Morgan fingerprint density at radius 1 is 1.23 bits per heavy atom. The molecule has 0 saturated heterocycles. The number of benzene rings is 2. The molecule has 0 aliphatic carbocycles. The third kappa shape index (κ3) is 4.67. The molecule has 1 aliphatic rings. The molecule has 0 bridgehead atoms. The number of hydrogen-bond donors (Lipinski definition) is 2. The van der Waals surface area contributed by atoms with Crippen molar-refractivity contribution < 1.29 is 24.2 Å². The van der Waals surface area contributed by atoms with Crippen LogP contribution < -0.4 is 14.8 Å². The van der Waals surface area contributed by atoms with E-state index in [-0.39, 0.29) is 12.5 Å². The van der Waals surface area contributed by atoms with E-state index in [1.165, 1.54) is 0 Å². The van der Waals surface area contributed by atoms with Gasteiger partial charge in [0.1, 0.15) is 11.5 Å². The standard InChI is InChI=1S/C19H18ClNO5/c20-14-3-6-16-13(9-14)10-17(26-16)19(24)21-8-7-12-1-4-15(5-2-12)25-11-18(22)23/h1-6,9,17H,7-8,10-11H2,(H,21,24)(H,22,23). The summed E-state index contributed by atoms with van der Waals surface area (Å²) in [6.45, 7) is 0.107. The number of hydrogen-bond acceptors (Lipinski definition) is 4. The van der Waals surface area contributed by atoms with Gasteiger partial charge in [-0.3, -0.25) is 4.79 Å². The Morgan fingerprint density at radius 2 is 2.00 bits per heavy atom. The molecule has 1 amide bonds. The van der Waals surface area contributed by atoms with Gasteiger partial charge >= 0.3 is 5.97 Å². The average molecular weight is 376 g/mol. The lowest BCUT2D eigenvalue weighted by Gasteiger charge is -2.11. The minimum Gasteiger partial charge on any atom is -0.482 e. The van der Waals surface area contributed by atoms with Crippen molar-refractivity contribution in [2.75, 3.05) is 13.2 Å². The van der Waals surface area contributed by atoms with Crippen LogP contribution in [0.1, 0.15) is 11.1 Å². The van der Waals surface area contributed by atoms with E-state index in [1.807, 2.05) is 18.2 Å². The van der Waals surface area contributed by atoms with Crippen LogP contribution in [0, 0.1) is 0 Å². The highest BCUT2D eigenvalue weighted by Gasteiger charge is 2.28. The highest BCUT2D eigenvalue weighted by Crippen LogP contribution is 2.31. The SMILES string of the molecule is O=C(O)COc1ccc(CCNC(=O)C2Cc3cc(Cl)ccc3O2)cc1. The van der Waals surface area contributed by atoms with Crippen LogP contribution in [0.2, 0.25) is 5.02 Å². The molecule has 1 heterocycles. The van der Waals surface area contributed by atoms with Gasteiger partial charge in [0.25, 0.3) is 5.91 Å². The number of carboxylic acid groups (broad SMARTS) is 1. The second-order valence-corrected chi connectivity index (χ2v) is 6.37. The highest BCUT2D eigenvalue weighted by atomic mass is 35.5. The van der Waals surface area contributed by atoms with Crippen LogP contribution in [0.25, 0.3) is 0 Å². The van der Waals surface area contributed by atoms with E-state index >= 15 is 0 Å². The summed E-state index contributed by atoms with van der Waals surface area (Å²) in [7, 11) is 0. The number of nitrogens with one attached hydrogen (secondary N) is 1. The first-order valence-electron chi connectivity index (χ1n) is 8.17. The van der Waals surface area contributed by atoms with Crippen LogP contribution in [0.5, 0.6) is 11.5 Å². The fourth-order valence-corrected chi connectivity index (χ4v) is 2.90. The Balaban J connectivity index is 1.43. The molecule has 0 aromatic heterocycles. The van der Waals surface area contributed by atoms with Crippen LogP contribution in [-0.2, 0) is 22.4 Å². The zero-order valence-corrected chi connectivity index (χ0v) is 14.7. The first kappa shape index (κ1) is 18.1. The first-order valence-corrected chi connectivity index (χ1v) is 8.55. The fraction of sp³-hybridized carbons (Fsp3) is 0.263. The fourth-order valence-electron chi connectivity index (χ4n) is 2.70. The van der Waals surface area contributed by atoms with Gasteiger partial charge in [-0.2, -0.15) is 0 Å². The average Bonchev–Trinajstić information content (AvgIpc) is 3.04. The largest absolute Gasteiger partial charge is 0.482 e. The second kappa shape index (κ2) is 8.10. The molecule has 136 valence electrons. The lowest BCUT2D eigenvalue weighted by atomic mass is 10.1. The summed E-state index contributed by atoms with van der Waals surface area (Å²) >= 11 is 5.95. The van der Waals surface area contributed by atoms with E-state index < -0.39 is 12.1 Å². The number of aliphatic carboxylic acids is 1. The number of amides is 1. The number of ether oxygens (including phenoxy) is 2. The van der Waals surface area contributed by atoms with Gasteiger partial charge < -0.3 is 19.9 Å². The summed E-state index contributed by atoms with van der Waals surface area (Å²) in [6.07, 6.45) is 0.628. The van der Waals surface area contributed by atoms with E-state index in [9.17, 15) is 9.59 Å². The van der Waals surface area contributed by atoms with Crippen molar-refractivity contribution in [3.05, 3.63) is 58.6 Å².